The molecule has 1 saturated heterocycles. The maximum atomic E-state index is 12.6. The summed E-state index contributed by atoms with van der Waals surface area (Å²) in [7, 11) is -3.57. The number of ether oxygens (including phenoxy) is 2. The van der Waals surface area contributed by atoms with Crippen molar-refractivity contribution in [1.29, 1.82) is 0 Å². The molecular formula is C17H27N3O4S. The summed E-state index contributed by atoms with van der Waals surface area (Å²) in [5, 5.41) is 0. The second kappa shape index (κ2) is 7.99. The number of pyridine rings is 1. The summed E-state index contributed by atoms with van der Waals surface area (Å²) in [6, 6.07) is 3.65. The Kier molecular flexibility index (Phi) is 5.93. The van der Waals surface area contributed by atoms with Gasteiger partial charge in [-0.15, -0.1) is 0 Å². The van der Waals surface area contributed by atoms with E-state index in [2.05, 4.69) is 9.71 Å². The molecule has 2 heterocycles. The van der Waals surface area contributed by atoms with Crippen LogP contribution < -0.4 is 9.46 Å². The fourth-order valence-corrected chi connectivity index (χ4v) is 4.75. The van der Waals surface area contributed by atoms with E-state index < -0.39 is 10.2 Å². The molecule has 0 bridgehead atoms. The minimum atomic E-state index is -3.57. The zero-order valence-electron chi connectivity index (χ0n) is 14.8. The molecule has 2 atom stereocenters. The van der Waals surface area contributed by atoms with E-state index >= 15 is 0 Å². The minimum absolute atomic E-state index is 0.111. The number of hydrogen-bond acceptors (Lipinski definition) is 5. The molecule has 0 aromatic carbocycles. The third-order valence-electron chi connectivity index (χ3n) is 4.60. The molecule has 2 fully saturated rings. The smallest absolute Gasteiger partial charge is 0.279 e. The largest absolute Gasteiger partial charge is 0.474 e. The van der Waals surface area contributed by atoms with Gasteiger partial charge in [0.25, 0.3) is 10.2 Å². The molecule has 2 aliphatic rings. The Labute approximate surface area is 149 Å². The van der Waals surface area contributed by atoms with Crippen molar-refractivity contribution in [3.8, 4) is 5.88 Å². The van der Waals surface area contributed by atoms with E-state index in [1.54, 1.807) is 12.3 Å². The van der Waals surface area contributed by atoms with Crippen LogP contribution in [0.4, 0.5) is 0 Å². The summed E-state index contributed by atoms with van der Waals surface area (Å²) in [6.07, 6.45) is 6.05. The van der Waals surface area contributed by atoms with Crippen LogP contribution in [-0.2, 0) is 21.5 Å². The average molecular weight is 369 g/mol. The van der Waals surface area contributed by atoms with Crippen molar-refractivity contribution >= 4 is 10.2 Å². The minimum Gasteiger partial charge on any atom is -0.474 e. The highest BCUT2D eigenvalue weighted by atomic mass is 32.2. The summed E-state index contributed by atoms with van der Waals surface area (Å²) in [5.41, 5.74) is 0.757. The number of hydrogen-bond donors (Lipinski definition) is 1. The van der Waals surface area contributed by atoms with Gasteiger partial charge in [-0.1, -0.05) is 6.07 Å². The normalized spacial score (nSPS) is 26.0. The number of nitrogens with zero attached hydrogens (tertiary/aromatic N) is 2. The third-order valence-corrected chi connectivity index (χ3v) is 6.09. The van der Waals surface area contributed by atoms with Crippen LogP contribution in [-0.4, -0.2) is 49.1 Å². The lowest BCUT2D eigenvalue weighted by atomic mass is 10.2. The van der Waals surface area contributed by atoms with Crippen LogP contribution in [0.1, 0.15) is 45.1 Å². The maximum absolute atomic E-state index is 12.6. The lowest BCUT2D eigenvalue weighted by Gasteiger charge is -2.34. The zero-order valence-corrected chi connectivity index (χ0v) is 15.7. The Morgan fingerprint density at radius 3 is 2.64 bits per heavy atom. The molecule has 3 rings (SSSR count). The van der Waals surface area contributed by atoms with Crippen molar-refractivity contribution < 1.29 is 17.9 Å². The number of morpholine rings is 1. The fourth-order valence-electron chi connectivity index (χ4n) is 3.42. The molecule has 1 aromatic heterocycles. The van der Waals surface area contributed by atoms with E-state index in [-0.39, 0.29) is 24.9 Å². The first-order chi connectivity index (χ1) is 11.9. The highest BCUT2D eigenvalue weighted by Gasteiger charge is 2.31. The lowest BCUT2D eigenvalue weighted by Crippen LogP contribution is -2.51. The van der Waals surface area contributed by atoms with Gasteiger partial charge >= 0.3 is 0 Å². The van der Waals surface area contributed by atoms with Gasteiger partial charge in [-0.2, -0.15) is 17.4 Å². The van der Waals surface area contributed by atoms with Gasteiger partial charge in [-0.05, 0) is 45.6 Å². The van der Waals surface area contributed by atoms with Crippen LogP contribution in [0.3, 0.4) is 0 Å². The molecular weight excluding hydrogens is 342 g/mol. The van der Waals surface area contributed by atoms with Gasteiger partial charge in [-0.25, -0.2) is 4.98 Å². The van der Waals surface area contributed by atoms with E-state index in [4.69, 9.17) is 9.47 Å². The first-order valence-electron chi connectivity index (χ1n) is 8.95. The van der Waals surface area contributed by atoms with E-state index in [0.29, 0.717) is 19.0 Å². The van der Waals surface area contributed by atoms with Crippen LogP contribution in [0.5, 0.6) is 5.88 Å². The summed E-state index contributed by atoms with van der Waals surface area (Å²) >= 11 is 0. The van der Waals surface area contributed by atoms with Crippen LogP contribution in [0.2, 0.25) is 0 Å². The summed E-state index contributed by atoms with van der Waals surface area (Å²) in [6.45, 7) is 4.65. The Morgan fingerprint density at radius 1 is 1.28 bits per heavy atom. The van der Waals surface area contributed by atoms with Gasteiger partial charge in [-0.3, -0.25) is 0 Å². The zero-order chi connectivity index (χ0) is 17.9. The van der Waals surface area contributed by atoms with Crippen molar-refractivity contribution in [3.05, 3.63) is 23.9 Å². The van der Waals surface area contributed by atoms with Crippen LogP contribution in [0, 0.1) is 0 Å². The Morgan fingerprint density at radius 2 is 1.96 bits per heavy atom. The summed E-state index contributed by atoms with van der Waals surface area (Å²) in [5.74, 6) is 0.529. The monoisotopic (exact) mass is 369 g/mol. The molecule has 25 heavy (non-hydrogen) atoms. The number of rotatable bonds is 6. The first kappa shape index (κ1) is 18.6. The van der Waals surface area contributed by atoms with Crippen molar-refractivity contribution in [2.45, 2.75) is 64.4 Å². The Bertz CT molecular complexity index is 666. The van der Waals surface area contributed by atoms with Gasteiger partial charge in [0.2, 0.25) is 5.88 Å². The Balaban J connectivity index is 1.64. The van der Waals surface area contributed by atoms with Crippen molar-refractivity contribution in [3.63, 3.8) is 0 Å². The molecule has 1 aliphatic heterocycles. The SMILES string of the molecule is CC1CN(S(=O)(=O)NCc2cccnc2OC2CCCC2)CC(C)O1. The summed E-state index contributed by atoms with van der Waals surface area (Å²) < 4.78 is 40.9. The topological polar surface area (TPSA) is 80.8 Å². The molecule has 0 amide bonds. The van der Waals surface area contributed by atoms with E-state index in [1.807, 2.05) is 19.9 Å². The molecule has 1 aromatic rings. The van der Waals surface area contributed by atoms with Gasteiger partial charge in [0.1, 0.15) is 6.10 Å². The third kappa shape index (κ3) is 4.91. The lowest BCUT2D eigenvalue weighted by molar-refractivity contribution is -0.0444. The second-order valence-electron chi connectivity index (χ2n) is 6.89. The van der Waals surface area contributed by atoms with Gasteiger partial charge in [0, 0.05) is 31.4 Å². The molecule has 1 aliphatic carbocycles. The van der Waals surface area contributed by atoms with Gasteiger partial charge in [0.15, 0.2) is 0 Å². The molecule has 0 radical (unpaired) electrons. The Hall–Kier alpha value is -1.22. The number of nitrogens with one attached hydrogen (secondary N) is 1. The first-order valence-corrected chi connectivity index (χ1v) is 10.4. The predicted molar refractivity (Wildman–Crippen MR) is 94.5 cm³/mol. The highest BCUT2D eigenvalue weighted by molar-refractivity contribution is 7.87. The van der Waals surface area contributed by atoms with Crippen molar-refractivity contribution in [1.82, 2.24) is 14.0 Å². The van der Waals surface area contributed by atoms with Crippen LogP contribution in [0.15, 0.2) is 18.3 Å². The maximum Gasteiger partial charge on any atom is 0.279 e. The molecule has 1 N–H and O–H groups in total. The van der Waals surface area contributed by atoms with Crippen molar-refractivity contribution in [2.75, 3.05) is 13.1 Å². The van der Waals surface area contributed by atoms with E-state index in [0.717, 1.165) is 18.4 Å². The molecule has 8 heteroatoms. The standard InChI is InChI=1S/C17H27N3O4S/c1-13-11-20(12-14(2)23-13)25(21,22)19-10-15-6-5-9-18-17(15)24-16-7-3-4-8-16/h5-6,9,13-14,16,19H,3-4,7-8,10-12H2,1-2H3. The quantitative estimate of drug-likeness (QED) is 0.828. The average Bonchev–Trinajstić information content (AvgIpc) is 3.06. The van der Waals surface area contributed by atoms with E-state index in [9.17, 15) is 8.42 Å². The predicted octanol–water partition coefficient (Wildman–Crippen LogP) is 1.85. The van der Waals surface area contributed by atoms with Crippen LogP contribution in [0.25, 0.3) is 0 Å². The summed E-state index contributed by atoms with van der Waals surface area (Å²) in [4.78, 5) is 4.29. The van der Waals surface area contributed by atoms with Gasteiger partial charge in [0.05, 0.1) is 12.2 Å². The van der Waals surface area contributed by atoms with Gasteiger partial charge < -0.3 is 9.47 Å². The van der Waals surface area contributed by atoms with Crippen molar-refractivity contribution in [2.24, 2.45) is 0 Å². The molecule has 2 unspecified atom stereocenters. The molecule has 7 nitrogen and oxygen atoms in total. The second-order valence-corrected chi connectivity index (χ2v) is 8.65. The fraction of sp³-hybridized carbons (Fsp3) is 0.706. The van der Waals surface area contributed by atoms with E-state index in [1.165, 1.54) is 17.1 Å². The van der Waals surface area contributed by atoms with Crippen LogP contribution >= 0.6 is 0 Å². The molecule has 0 spiro atoms. The molecule has 140 valence electrons. The molecule has 1 saturated carbocycles. The number of aromatic nitrogens is 1. The highest BCUT2D eigenvalue weighted by Crippen LogP contribution is 2.25.